The van der Waals surface area contributed by atoms with Crippen molar-refractivity contribution in [3.63, 3.8) is 0 Å². The molecule has 4 aliphatic rings. The van der Waals surface area contributed by atoms with Crippen LogP contribution in [0.1, 0.15) is 177 Å². The van der Waals surface area contributed by atoms with Crippen molar-refractivity contribution in [3.05, 3.63) is 0 Å². The molecule has 1 aliphatic heterocycles. The van der Waals surface area contributed by atoms with Crippen molar-refractivity contribution in [2.75, 3.05) is 19.5 Å². The van der Waals surface area contributed by atoms with Gasteiger partial charge in [0.2, 0.25) is 0 Å². The lowest BCUT2D eigenvalue weighted by Crippen LogP contribution is -2.33. The topological polar surface area (TPSA) is 61.8 Å². The van der Waals surface area contributed by atoms with Crippen LogP contribution in [-0.4, -0.2) is 39.8 Å². The molecule has 12 unspecified atom stereocenters. The highest BCUT2D eigenvalue weighted by molar-refractivity contribution is 7.85. The lowest BCUT2D eigenvalue weighted by molar-refractivity contribution is -0.182. The first-order valence-corrected chi connectivity index (χ1v) is 23.2. The van der Waals surface area contributed by atoms with E-state index in [1.54, 1.807) is 0 Å². The first kappa shape index (κ1) is 41.6. The normalized spacial score (nSPS) is 41.8. The van der Waals surface area contributed by atoms with Crippen molar-refractivity contribution in [2.24, 2.45) is 65.1 Å². The summed E-state index contributed by atoms with van der Waals surface area (Å²) >= 11 is 0. The number of hydrogen-bond donors (Lipinski definition) is 0. The molecule has 288 valence electrons. The second-order valence-corrected chi connectivity index (χ2v) is 20.4. The molecular formula is C43H80O5S. The van der Waals surface area contributed by atoms with Gasteiger partial charge in [0, 0.05) is 19.3 Å². The Morgan fingerprint density at radius 3 is 1.78 bits per heavy atom. The third-order valence-electron chi connectivity index (χ3n) is 14.5. The van der Waals surface area contributed by atoms with E-state index in [4.69, 9.17) is 13.7 Å². The molecule has 1 saturated heterocycles. The smallest absolute Gasteiger partial charge is 0.264 e. The minimum Gasteiger partial charge on any atom is -0.347 e. The Morgan fingerprint density at radius 2 is 1.18 bits per heavy atom. The number of fused-ring (bicyclic) bond motifs is 2. The maximum absolute atomic E-state index is 11.5. The van der Waals surface area contributed by atoms with E-state index in [0.29, 0.717) is 24.9 Å². The Hall–Kier alpha value is -0.170. The fourth-order valence-electron chi connectivity index (χ4n) is 11.2. The molecule has 0 aromatic rings. The number of hydrogen-bond acceptors (Lipinski definition) is 5. The molecule has 4 rings (SSSR count). The summed E-state index contributed by atoms with van der Waals surface area (Å²) in [7, 11) is -3.43. The first-order chi connectivity index (χ1) is 23.2. The van der Waals surface area contributed by atoms with E-state index in [1.807, 2.05) is 0 Å². The van der Waals surface area contributed by atoms with E-state index in [9.17, 15) is 8.42 Å². The second kappa shape index (κ2) is 19.8. The van der Waals surface area contributed by atoms with Gasteiger partial charge in [0.1, 0.15) is 0 Å². The van der Waals surface area contributed by atoms with Crippen molar-refractivity contribution in [1.29, 1.82) is 0 Å². The predicted octanol–water partition coefficient (Wildman–Crippen LogP) is 11.8. The maximum atomic E-state index is 11.5. The molecule has 1 spiro atoms. The van der Waals surface area contributed by atoms with Crippen molar-refractivity contribution >= 4 is 10.1 Å². The molecular weight excluding hydrogens is 629 g/mol. The van der Waals surface area contributed by atoms with Crippen LogP contribution < -0.4 is 0 Å². The maximum Gasteiger partial charge on any atom is 0.264 e. The zero-order valence-corrected chi connectivity index (χ0v) is 34.3. The summed E-state index contributed by atoms with van der Waals surface area (Å²) in [6, 6.07) is 0. The van der Waals surface area contributed by atoms with Crippen LogP contribution in [0.25, 0.3) is 0 Å². The molecule has 12 atom stereocenters. The third kappa shape index (κ3) is 13.3. The van der Waals surface area contributed by atoms with Crippen molar-refractivity contribution in [3.8, 4) is 0 Å². The van der Waals surface area contributed by atoms with E-state index >= 15 is 0 Å². The summed E-state index contributed by atoms with van der Waals surface area (Å²) in [6.07, 6.45) is 27.0. The van der Waals surface area contributed by atoms with Gasteiger partial charge in [0.05, 0.1) is 25.6 Å². The second-order valence-electron chi connectivity index (χ2n) is 18.8. The van der Waals surface area contributed by atoms with E-state index < -0.39 is 15.9 Å². The van der Waals surface area contributed by atoms with Crippen LogP contribution in [0.3, 0.4) is 0 Å². The van der Waals surface area contributed by atoms with Gasteiger partial charge in [-0.1, -0.05) is 126 Å². The van der Waals surface area contributed by atoms with E-state index in [-0.39, 0.29) is 12.7 Å². The van der Waals surface area contributed by atoms with Crippen LogP contribution in [0, 0.1) is 65.1 Å². The van der Waals surface area contributed by atoms with Gasteiger partial charge in [-0.15, -0.1) is 0 Å². The molecule has 0 amide bonds. The highest BCUT2D eigenvalue weighted by atomic mass is 32.2. The number of rotatable bonds is 5. The van der Waals surface area contributed by atoms with Gasteiger partial charge in [0.15, 0.2) is 5.79 Å². The number of ether oxygens (including phenoxy) is 2. The molecule has 4 fully saturated rings. The van der Waals surface area contributed by atoms with E-state index in [1.165, 1.54) is 96.3 Å². The highest BCUT2D eigenvalue weighted by Gasteiger charge is 2.42. The summed E-state index contributed by atoms with van der Waals surface area (Å²) in [5.41, 5.74) is 0. The first-order valence-electron chi connectivity index (χ1n) is 21.4. The fourth-order valence-corrected chi connectivity index (χ4v) is 11.6. The largest absolute Gasteiger partial charge is 0.347 e. The van der Waals surface area contributed by atoms with Gasteiger partial charge < -0.3 is 9.47 Å². The van der Waals surface area contributed by atoms with Crippen LogP contribution in [0.15, 0.2) is 0 Å². The average molecular weight is 709 g/mol. The Bertz CT molecular complexity index is 1040. The molecule has 3 aliphatic carbocycles. The molecule has 0 aromatic heterocycles. The van der Waals surface area contributed by atoms with Gasteiger partial charge in [-0.2, -0.15) is 8.42 Å². The molecule has 5 nitrogen and oxygen atoms in total. The molecule has 1 heterocycles. The summed E-state index contributed by atoms with van der Waals surface area (Å²) in [5.74, 6) is 8.67. The predicted molar refractivity (Wildman–Crippen MR) is 205 cm³/mol. The van der Waals surface area contributed by atoms with Gasteiger partial charge in [-0.05, 0) is 97.2 Å². The highest BCUT2D eigenvalue weighted by Crippen LogP contribution is 2.46. The van der Waals surface area contributed by atoms with E-state index in [2.05, 4.69) is 48.5 Å². The third-order valence-corrected chi connectivity index (χ3v) is 15.1. The summed E-state index contributed by atoms with van der Waals surface area (Å²) in [5, 5.41) is 0. The Kier molecular flexibility index (Phi) is 16.8. The van der Waals surface area contributed by atoms with E-state index in [0.717, 1.165) is 85.2 Å². The van der Waals surface area contributed by atoms with Crippen LogP contribution in [0.2, 0.25) is 0 Å². The van der Waals surface area contributed by atoms with Gasteiger partial charge in [0.25, 0.3) is 10.1 Å². The van der Waals surface area contributed by atoms with Gasteiger partial charge in [-0.3, -0.25) is 4.18 Å². The Labute approximate surface area is 304 Å². The van der Waals surface area contributed by atoms with Gasteiger partial charge >= 0.3 is 0 Å². The lowest BCUT2D eigenvalue weighted by Gasteiger charge is -2.40. The minimum absolute atomic E-state index is 0.0926. The van der Waals surface area contributed by atoms with Crippen LogP contribution >= 0.6 is 0 Å². The average Bonchev–Trinajstić information content (AvgIpc) is 3.44. The molecule has 49 heavy (non-hydrogen) atoms. The lowest BCUT2D eigenvalue weighted by atomic mass is 9.65. The van der Waals surface area contributed by atoms with Crippen molar-refractivity contribution in [2.45, 2.75) is 189 Å². The van der Waals surface area contributed by atoms with Crippen LogP contribution in [-0.2, 0) is 23.8 Å². The molecule has 0 bridgehead atoms. The summed E-state index contributed by atoms with van der Waals surface area (Å²) in [4.78, 5) is 0. The van der Waals surface area contributed by atoms with Gasteiger partial charge in [-0.25, -0.2) is 0 Å². The zero-order valence-electron chi connectivity index (χ0n) is 33.4. The standard InChI is InChI=1S/C43H80O5S/c1-31(2)40-22-19-35(6)42-23-20-36(7)41-21-18-33(4)25-28-43(46-30-39(48-43)26-29-47-49(8,44)45)27-24-32(3)12-9-14-37(41)16-11-17-38(42)15-10-13-34(40)5/h31-42H,9-30H2,1-8H3. The van der Waals surface area contributed by atoms with Crippen LogP contribution in [0.5, 0.6) is 0 Å². The Morgan fingerprint density at radius 1 is 0.653 bits per heavy atom. The molecule has 0 N–H and O–H groups in total. The fraction of sp³-hybridized carbons (Fsp3) is 1.00. The minimum atomic E-state index is -3.43. The summed E-state index contributed by atoms with van der Waals surface area (Å²) < 4.78 is 41.1. The quantitative estimate of drug-likeness (QED) is 0.266. The van der Waals surface area contributed by atoms with Crippen molar-refractivity contribution < 1.29 is 22.1 Å². The monoisotopic (exact) mass is 709 g/mol. The summed E-state index contributed by atoms with van der Waals surface area (Å²) in [6.45, 7) is 18.4. The molecule has 0 radical (unpaired) electrons. The zero-order chi connectivity index (χ0) is 35.6. The van der Waals surface area contributed by atoms with Crippen molar-refractivity contribution in [1.82, 2.24) is 0 Å². The van der Waals surface area contributed by atoms with Crippen LogP contribution in [0.4, 0.5) is 0 Å². The Balaban J connectivity index is 1.41. The molecule has 0 aromatic carbocycles. The molecule has 3 saturated carbocycles. The SMILES string of the molecule is CC1CCCC2CCCC3CCCC(C)C(C(C)C)CCC(C)C3CCC(C)C2CCC(C)CCC2(CC1)OCC(CCOS(C)(=O)=O)O2. The molecule has 6 heteroatoms.